The number of ether oxygens (including phenoxy) is 2. The lowest BCUT2D eigenvalue weighted by atomic mass is 9.79. The van der Waals surface area contributed by atoms with Crippen LogP contribution in [-0.2, 0) is 9.47 Å². The minimum Gasteiger partial charge on any atom is -0.444 e. The molecule has 1 amide bonds. The van der Waals surface area contributed by atoms with E-state index in [1.165, 1.54) is 12.0 Å². The summed E-state index contributed by atoms with van der Waals surface area (Å²) in [5.74, 6) is 0.632. The molecule has 0 aromatic heterocycles. The van der Waals surface area contributed by atoms with Gasteiger partial charge < -0.3 is 19.7 Å². The van der Waals surface area contributed by atoms with Crippen molar-refractivity contribution in [2.45, 2.75) is 57.6 Å². The van der Waals surface area contributed by atoms with Gasteiger partial charge >= 0.3 is 6.09 Å². The summed E-state index contributed by atoms with van der Waals surface area (Å²) in [5.41, 5.74) is 1.07. The number of nitrogens with one attached hydrogen (secondary N) is 1. The Kier molecular flexibility index (Phi) is 6.11. The zero-order chi connectivity index (χ0) is 19.5. The quantitative estimate of drug-likeness (QED) is 0.823. The molecular weight excluding hydrogens is 340 g/mol. The van der Waals surface area contributed by atoms with E-state index in [0.717, 1.165) is 39.1 Å². The van der Waals surface area contributed by atoms with Crippen LogP contribution in [0.15, 0.2) is 30.3 Å². The van der Waals surface area contributed by atoms with Crippen LogP contribution in [0, 0.1) is 5.41 Å². The molecule has 1 N–H and O–H groups in total. The predicted molar refractivity (Wildman–Crippen MR) is 107 cm³/mol. The summed E-state index contributed by atoms with van der Waals surface area (Å²) in [6.45, 7) is 8.85. The Morgan fingerprint density at radius 1 is 1.22 bits per heavy atom. The van der Waals surface area contributed by atoms with E-state index < -0.39 is 5.60 Å². The fourth-order valence-corrected chi connectivity index (χ4v) is 4.01. The zero-order valence-electron chi connectivity index (χ0n) is 17.2. The molecule has 2 unspecified atom stereocenters. The van der Waals surface area contributed by atoms with Crippen LogP contribution in [0.1, 0.15) is 51.5 Å². The van der Waals surface area contributed by atoms with Crippen molar-refractivity contribution in [1.29, 1.82) is 0 Å². The van der Waals surface area contributed by atoms with Crippen LogP contribution >= 0.6 is 0 Å². The number of benzene rings is 1. The van der Waals surface area contributed by atoms with Gasteiger partial charge in [0, 0.05) is 44.1 Å². The maximum atomic E-state index is 12.3. The Bertz CT molecular complexity index is 618. The van der Waals surface area contributed by atoms with Crippen molar-refractivity contribution in [2.24, 2.45) is 5.41 Å². The minimum atomic E-state index is -0.446. The maximum Gasteiger partial charge on any atom is 0.410 e. The van der Waals surface area contributed by atoms with Crippen molar-refractivity contribution in [3.63, 3.8) is 0 Å². The van der Waals surface area contributed by atoms with Gasteiger partial charge in [0.15, 0.2) is 0 Å². The molecule has 0 bridgehead atoms. The van der Waals surface area contributed by atoms with Crippen LogP contribution in [0.3, 0.4) is 0 Å². The number of nitrogens with zero attached hydrogens (tertiary/aromatic N) is 1. The van der Waals surface area contributed by atoms with Gasteiger partial charge in [-0.25, -0.2) is 4.79 Å². The lowest BCUT2D eigenvalue weighted by Gasteiger charge is -2.41. The molecule has 150 valence electrons. The predicted octanol–water partition coefficient (Wildman–Crippen LogP) is 3.80. The highest BCUT2D eigenvalue weighted by molar-refractivity contribution is 5.68. The van der Waals surface area contributed by atoms with Gasteiger partial charge in [-0.3, -0.25) is 0 Å². The molecule has 2 fully saturated rings. The summed E-state index contributed by atoms with van der Waals surface area (Å²) in [5, 5.41) is 3.77. The topological polar surface area (TPSA) is 50.8 Å². The molecular formula is C22H34N2O3. The molecule has 3 rings (SSSR count). The second kappa shape index (κ2) is 8.19. The third-order valence-corrected chi connectivity index (χ3v) is 5.68. The van der Waals surface area contributed by atoms with Gasteiger partial charge in [0.25, 0.3) is 0 Å². The molecule has 5 nitrogen and oxygen atoms in total. The Balaban J connectivity index is 1.50. The van der Waals surface area contributed by atoms with E-state index in [2.05, 4.69) is 35.6 Å². The van der Waals surface area contributed by atoms with Crippen LogP contribution in [0.25, 0.3) is 0 Å². The number of hydrogen-bond acceptors (Lipinski definition) is 4. The molecule has 1 saturated carbocycles. The lowest BCUT2D eigenvalue weighted by Crippen LogP contribution is -2.50. The van der Waals surface area contributed by atoms with E-state index in [1.807, 2.05) is 25.7 Å². The van der Waals surface area contributed by atoms with Crippen LogP contribution in [0.4, 0.5) is 4.79 Å². The van der Waals surface area contributed by atoms with E-state index in [0.29, 0.717) is 12.0 Å². The second-order valence-electron chi connectivity index (χ2n) is 9.14. The van der Waals surface area contributed by atoms with Crippen LogP contribution in [0.2, 0.25) is 0 Å². The van der Waals surface area contributed by atoms with Gasteiger partial charge in [-0.2, -0.15) is 0 Å². The SMILES string of the molecule is COCC1(CNC2CC2c2ccccc2)CCN(C(=O)OC(C)(C)C)CC1. The highest BCUT2D eigenvalue weighted by Gasteiger charge is 2.42. The highest BCUT2D eigenvalue weighted by Crippen LogP contribution is 2.42. The molecule has 5 heteroatoms. The summed E-state index contributed by atoms with van der Waals surface area (Å²) in [4.78, 5) is 14.2. The summed E-state index contributed by atoms with van der Waals surface area (Å²) in [7, 11) is 1.77. The standard InChI is InChI=1S/C22H34N2O3/c1-21(2,3)27-20(25)24-12-10-22(11-13-24,16-26-4)15-23-19-14-18(19)17-8-6-5-7-9-17/h5-9,18-19,23H,10-16H2,1-4H3. The molecule has 27 heavy (non-hydrogen) atoms. The molecule has 1 heterocycles. The first kappa shape index (κ1) is 20.2. The summed E-state index contributed by atoms with van der Waals surface area (Å²) < 4.78 is 11.1. The van der Waals surface area contributed by atoms with E-state index in [1.54, 1.807) is 7.11 Å². The fourth-order valence-electron chi connectivity index (χ4n) is 4.01. The van der Waals surface area contributed by atoms with Crippen LogP contribution in [0.5, 0.6) is 0 Å². The third kappa shape index (κ3) is 5.45. The molecule has 1 aliphatic carbocycles. The normalized spacial score (nSPS) is 24.5. The molecule has 1 aromatic carbocycles. The fraction of sp³-hybridized carbons (Fsp3) is 0.682. The van der Waals surface area contributed by atoms with Gasteiger partial charge in [0.05, 0.1) is 6.61 Å². The molecule has 1 aromatic rings. The molecule has 0 spiro atoms. The van der Waals surface area contributed by atoms with Gasteiger partial charge in [-0.15, -0.1) is 0 Å². The first-order valence-electron chi connectivity index (χ1n) is 10.1. The van der Waals surface area contributed by atoms with Crippen molar-refractivity contribution in [3.8, 4) is 0 Å². The Hall–Kier alpha value is -1.59. The van der Waals surface area contributed by atoms with Gasteiger partial charge in [-0.05, 0) is 45.6 Å². The van der Waals surface area contributed by atoms with E-state index in [9.17, 15) is 4.79 Å². The first-order chi connectivity index (χ1) is 12.8. The van der Waals surface area contributed by atoms with Crippen LogP contribution in [-0.4, -0.2) is 56.0 Å². The molecule has 1 aliphatic heterocycles. The number of carbonyl (C=O) groups excluding carboxylic acids is 1. The van der Waals surface area contributed by atoms with Crippen molar-refractivity contribution in [2.75, 3.05) is 33.4 Å². The van der Waals surface area contributed by atoms with Crippen LogP contribution < -0.4 is 5.32 Å². The van der Waals surface area contributed by atoms with Crippen molar-refractivity contribution >= 4 is 6.09 Å². The number of carbonyl (C=O) groups is 1. The van der Waals surface area contributed by atoms with E-state index in [-0.39, 0.29) is 11.5 Å². The van der Waals surface area contributed by atoms with Gasteiger partial charge in [-0.1, -0.05) is 30.3 Å². The Labute approximate surface area is 163 Å². The van der Waals surface area contributed by atoms with E-state index >= 15 is 0 Å². The number of hydrogen-bond donors (Lipinski definition) is 1. The number of likely N-dealkylation sites (tertiary alicyclic amines) is 1. The van der Waals surface area contributed by atoms with Crippen molar-refractivity contribution < 1.29 is 14.3 Å². The number of amides is 1. The van der Waals surface area contributed by atoms with E-state index in [4.69, 9.17) is 9.47 Å². The average Bonchev–Trinajstić information content (AvgIpc) is 3.40. The summed E-state index contributed by atoms with van der Waals surface area (Å²) in [6.07, 6.45) is 2.88. The number of rotatable bonds is 6. The average molecular weight is 375 g/mol. The molecule has 0 radical (unpaired) electrons. The minimum absolute atomic E-state index is 0.0943. The van der Waals surface area contributed by atoms with Crippen molar-refractivity contribution in [1.82, 2.24) is 10.2 Å². The largest absolute Gasteiger partial charge is 0.444 e. The van der Waals surface area contributed by atoms with Gasteiger partial charge in [0.1, 0.15) is 5.60 Å². The molecule has 1 saturated heterocycles. The monoisotopic (exact) mass is 374 g/mol. The molecule has 2 aliphatic rings. The Morgan fingerprint density at radius 3 is 2.48 bits per heavy atom. The maximum absolute atomic E-state index is 12.3. The second-order valence-corrected chi connectivity index (χ2v) is 9.14. The summed E-state index contributed by atoms with van der Waals surface area (Å²) in [6, 6.07) is 11.3. The number of piperidine rings is 1. The Morgan fingerprint density at radius 2 is 1.89 bits per heavy atom. The number of methoxy groups -OCH3 is 1. The lowest BCUT2D eigenvalue weighted by molar-refractivity contribution is -0.00667. The highest BCUT2D eigenvalue weighted by atomic mass is 16.6. The zero-order valence-corrected chi connectivity index (χ0v) is 17.2. The third-order valence-electron chi connectivity index (χ3n) is 5.68. The summed E-state index contributed by atoms with van der Waals surface area (Å²) >= 11 is 0. The van der Waals surface area contributed by atoms with Gasteiger partial charge in [0.2, 0.25) is 0 Å². The molecule has 2 atom stereocenters. The first-order valence-corrected chi connectivity index (χ1v) is 10.1. The van der Waals surface area contributed by atoms with Crippen molar-refractivity contribution in [3.05, 3.63) is 35.9 Å². The smallest absolute Gasteiger partial charge is 0.410 e.